The number of nitrogens with zero attached hydrogens (tertiary/aromatic N) is 1. The molecule has 0 aliphatic heterocycles. The molecule has 0 radical (unpaired) electrons. The van der Waals surface area contributed by atoms with Crippen LogP contribution in [-0.2, 0) is 4.74 Å². The fraction of sp³-hybridized carbons (Fsp3) is 0.167. The molecule has 4 nitrogen and oxygen atoms in total. The van der Waals surface area contributed by atoms with E-state index in [0.717, 1.165) is 11.1 Å². The fourth-order valence-corrected chi connectivity index (χ4v) is 1.79. The number of hydrogen-bond acceptors (Lipinski definition) is 3. The molecule has 88 valence electrons. The first kappa shape index (κ1) is 11.7. The third kappa shape index (κ3) is 2.31. The number of ether oxygens (including phenoxy) is 1. The van der Waals surface area contributed by atoms with Crippen LogP contribution in [0.2, 0.25) is 5.02 Å². The molecular weight excluding hydrogens is 240 g/mol. The molecule has 17 heavy (non-hydrogen) atoms. The summed E-state index contributed by atoms with van der Waals surface area (Å²) in [5, 5.41) is 0.672. The van der Waals surface area contributed by atoms with Crippen molar-refractivity contribution in [3.8, 4) is 11.4 Å². The number of carbonyl (C=O) groups is 1. The third-order valence-corrected chi connectivity index (χ3v) is 2.66. The molecule has 0 atom stereocenters. The topological polar surface area (TPSA) is 55.0 Å². The van der Waals surface area contributed by atoms with Crippen LogP contribution >= 0.6 is 11.6 Å². The van der Waals surface area contributed by atoms with E-state index in [2.05, 4.69) is 14.7 Å². The molecular formula is C12H11ClN2O2. The zero-order valence-electron chi connectivity index (χ0n) is 9.45. The normalized spacial score (nSPS) is 10.3. The zero-order chi connectivity index (χ0) is 12.4. The van der Waals surface area contributed by atoms with Crippen molar-refractivity contribution in [2.75, 3.05) is 7.11 Å². The van der Waals surface area contributed by atoms with Crippen molar-refractivity contribution in [2.24, 2.45) is 0 Å². The first-order chi connectivity index (χ1) is 8.11. The van der Waals surface area contributed by atoms with E-state index in [4.69, 9.17) is 11.6 Å². The smallest absolute Gasteiger partial charge is 0.356 e. The SMILES string of the molecule is COC(=O)c1cnc(-c2ccc(Cl)cc2C)[nH]1. The number of H-pyrrole nitrogens is 1. The second kappa shape index (κ2) is 4.59. The zero-order valence-corrected chi connectivity index (χ0v) is 10.2. The van der Waals surface area contributed by atoms with Crippen LogP contribution in [0.15, 0.2) is 24.4 Å². The molecule has 5 heteroatoms. The average molecular weight is 251 g/mol. The highest BCUT2D eigenvalue weighted by Crippen LogP contribution is 2.23. The van der Waals surface area contributed by atoms with Gasteiger partial charge in [0.1, 0.15) is 11.5 Å². The summed E-state index contributed by atoms with van der Waals surface area (Å²) in [5.74, 6) is 0.190. The number of esters is 1. The fourth-order valence-electron chi connectivity index (χ4n) is 1.56. The Labute approximate surface area is 104 Å². The standard InChI is InChI=1S/C12H11ClN2O2/c1-7-5-8(13)3-4-9(7)11-14-6-10(15-11)12(16)17-2/h3-6H,1-2H3,(H,14,15). The lowest BCUT2D eigenvalue weighted by Crippen LogP contribution is -2.01. The summed E-state index contributed by atoms with van der Waals surface area (Å²) in [6.07, 6.45) is 1.45. The van der Waals surface area contributed by atoms with Gasteiger partial charge in [0.15, 0.2) is 0 Å². The maximum absolute atomic E-state index is 11.3. The van der Waals surface area contributed by atoms with Crippen LogP contribution < -0.4 is 0 Å². The molecule has 0 spiro atoms. The molecule has 1 aromatic carbocycles. The number of aromatic nitrogens is 2. The van der Waals surface area contributed by atoms with Gasteiger partial charge in [-0.05, 0) is 30.7 Å². The van der Waals surface area contributed by atoms with Crippen molar-refractivity contribution in [1.29, 1.82) is 0 Å². The molecule has 2 aromatic rings. The number of hydrogen-bond donors (Lipinski definition) is 1. The highest BCUT2D eigenvalue weighted by molar-refractivity contribution is 6.30. The van der Waals surface area contributed by atoms with Gasteiger partial charge >= 0.3 is 5.97 Å². The van der Waals surface area contributed by atoms with Crippen molar-refractivity contribution in [2.45, 2.75) is 6.92 Å². The largest absolute Gasteiger partial charge is 0.464 e. The lowest BCUT2D eigenvalue weighted by atomic mass is 10.1. The van der Waals surface area contributed by atoms with Crippen LogP contribution in [0, 0.1) is 6.92 Å². The van der Waals surface area contributed by atoms with E-state index in [1.165, 1.54) is 13.3 Å². The molecule has 0 bridgehead atoms. The molecule has 0 aliphatic rings. The first-order valence-corrected chi connectivity index (χ1v) is 5.39. The second-order valence-electron chi connectivity index (χ2n) is 3.60. The summed E-state index contributed by atoms with van der Waals surface area (Å²) < 4.78 is 4.60. The van der Waals surface area contributed by atoms with Gasteiger partial charge in [0.05, 0.1) is 13.3 Å². The Kier molecular flexibility index (Phi) is 3.15. The quantitative estimate of drug-likeness (QED) is 0.834. The second-order valence-corrected chi connectivity index (χ2v) is 4.03. The molecule has 2 rings (SSSR count). The van der Waals surface area contributed by atoms with Gasteiger partial charge in [-0.2, -0.15) is 0 Å². The van der Waals surface area contributed by atoms with Crippen LogP contribution in [0.5, 0.6) is 0 Å². The minimum Gasteiger partial charge on any atom is -0.464 e. The Morgan fingerprint density at radius 1 is 1.47 bits per heavy atom. The number of benzene rings is 1. The van der Waals surface area contributed by atoms with E-state index in [-0.39, 0.29) is 0 Å². The highest BCUT2D eigenvalue weighted by atomic mass is 35.5. The summed E-state index contributed by atoms with van der Waals surface area (Å²) in [5.41, 5.74) is 2.23. The molecule has 1 N–H and O–H groups in total. The van der Waals surface area contributed by atoms with E-state index < -0.39 is 5.97 Å². The number of rotatable bonds is 2. The van der Waals surface area contributed by atoms with E-state index in [1.54, 1.807) is 6.07 Å². The lowest BCUT2D eigenvalue weighted by Gasteiger charge is -2.02. The maximum Gasteiger partial charge on any atom is 0.356 e. The lowest BCUT2D eigenvalue weighted by molar-refractivity contribution is 0.0595. The van der Waals surface area contributed by atoms with E-state index in [9.17, 15) is 4.79 Å². The van der Waals surface area contributed by atoms with E-state index in [0.29, 0.717) is 16.5 Å². The molecule has 0 unspecified atom stereocenters. The van der Waals surface area contributed by atoms with Gasteiger partial charge in [-0.1, -0.05) is 11.6 Å². The Morgan fingerprint density at radius 2 is 2.24 bits per heavy atom. The number of nitrogens with one attached hydrogen (secondary N) is 1. The van der Waals surface area contributed by atoms with Gasteiger partial charge < -0.3 is 9.72 Å². The van der Waals surface area contributed by atoms with Crippen molar-refractivity contribution in [1.82, 2.24) is 9.97 Å². The van der Waals surface area contributed by atoms with E-state index >= 15 is 0 Å². The van der Waals surface area contributed by atoms with Gasteiger partial charge in [-0.3, -0.25) is 0 Å². The molecule has 0 fully saturated rings. The highest BCUT2D eigenvalue weighted by Gasteiger charge is 2.11. The summed E-state index contributed by atoms with van der Waals surface area (Å²) in [6.45, 7) is 1.93. The van der Waals surface area contributed by atoms with Crippen molar-refractivity contribution in [3.63, 3.8) is 0 Å². The maximum atomic E-state index is 11.3. The average Bonchev–Trinajstić information content (AvgIpc) is 2.77. The van der Waals surface area contributed by atoms with Crippen molar-refractivity contribution >= 4 is 17.6 Å². The monoisotopic (exact) mass is 250 g/mol. The van der Waals surface area contributed by atoms with Crippen LogP contribution in [0.25, 0.3) is 11.4 Å². The number of carbonyl (C=O) groups excluding carboxylic acids is 1. The molecule has 0 saturated heterocycles. The van der Waals surface area contributed by atoms with Gasteiger partial charge in [0, 0.05) is 10.6 Å². The predicted molar refractivity (Wildman–Crippen MR) is 65.1 cm³/mol. The minimum absolute atomic E-state index is 0.330. The number of halogens is 1. The Bertz CT molecular complexity index is 563. The molecule has 1 heterocycles. The Balaban J connectivity index is 2.40. The van der Waals surface area contributed by atoms with Gasteiger partial charge in [0.2, 0.25) is 0 Å². The third-order valence-electron chi connectivity index (χ3n) is 2.42. The van der Waals surface area contributed by atoms with Gasteiger partial charge in [-0.15, -0.1) is 0 Å². The van der Waals surface area contributed by atoms with E-state index in [1.807, 2.05) is 19.1 Å². The summed E-state index contributed by atoms with van der Waals surface area (Å²) in [7, 11) is 1.33. The first-order valence-electron chi connectivity index (χ1n) is 5.01. The summed E-state index contributed by atoms with van der Waals surface area (Å²) >= 11 is 5.88. The van der Waals surface area contributed by atoms with Crippen LogP contribution in [-0.4, -0.2) is 23.0 Å². The van der Waals surface area contributed by atoms with Crippen LogP contribution in [0.1, 0.15) is 16.1 Å². The predicted octanol–water partition coefficient (Wildman–Crippen LogP) is 2.83. The minimum atomic E-state index is -0.435. The van der Waals surface area contributed by atoms with Gasteiger partial charge in [-0.25, -0.2) is 9.78 Å². The van der Waals surface area contributed by atoms with Crippen LogP contribution in [0.4, 0.5) is 0 Å². The van der Waals surface area contributed by atoms with Crippen molar-refractivity contribution < 1.29 is 9.53 Å². The summed E-state index contributed by atoms with van der Waals surface area (Å²) in [4.78, 5) is 18.3. The Morgan fingerprint density at radius 3 is 2.88 bits per heavy atom. The number of aryl methyl sites for hydroxylation is 1. The number of imidazole rings is 1. The summed E-state index contributed by atoms with van der Waals surface area (Å²) in [6, 6.07) is 5.49. The number of methoxy groups -OCH3 is 1. The molecule has 0 saturated carbocycles. The number of aromatic amines is 1. The van der Waals surface area contributed by atoms with Crippen LogP contribution in [0.3, 0.4) is 0 Å². The van der Waals surface area contributed by atoms with Gasteiger partial charge in [0.25, 0.3) is 0 Å². The molecule has 0 amide bonds. The molecule has 0 aliphatic carbocycles. The Hall–Kier alpha value is -1.81. The van der Waals surface area contributed by atoms with Crippen molar-refractivity contribution in [3.05, 3.63) is 40.7 Å². The molecule has 1 aromatic heterocycles.